The van der Waals surface area contributed by atoms with E-state index in [0.717, 1.165) is 29.2 Å². The predicted octanol–water partition coefficient (Wildman–Crippen LogP) is 3.49. The molecule has 0 spiro atoms. The average Bonchev–Trinajstić information content (AvgIpc) is 2.66. The van der Waals surface area contributed by atoms with Gasteiger partial charge in [-0.3, -0.25) is 4.79 Å². The average molecular weight is 334 g/mol. The molecular weight excluding hydrogens is 318 g/mol. The smallest absolute Gasteiger partial charge is 0.165 e. The summed E-state index contributed by atoms with van der Waals surface area (Å²) in [6, 6.07) is 1.97. The number of hydrogen-bond acceptors (Lipinski definition) is 3. The summed E-state index contributed by atoms with van der Waals surface area (Å²) >= 11 is 3.29. The maximum atomic E-state index is 12.3. The molecule has 0 unspecified atom stereocenters. The molecule has 104 valence electrons. The first-order chi connectivity index (χ1) is 9.37. The molecule has 0 aliphatic heterocycles. The number of ketones is 1. The van der Waals surface area contributed by atoms with E-state index in [2.05, 4.69) is 39.7 Å². The van der Waals surface area contributed by atoms with Gasteiger partial charge in [-0.2, -0.15) is 0 Å². The SMILES string of the molecule is Cc1cc2c(n1-c1cnc(Br)cn1)CC(C)(C)CC2=O. The van der Waals surface area contributed by atoms with Gasteiger partial charge in [0.25, 0.3) is 0 Å². The third-order valence-corrected chi connectivity index (χ3v) is 4.12. The number of halogens is 1. The van der Waals surface area contributed by atoms with Gasteiger partial charge in [-0.25, -0.2) is 9.97 Å². The molecule has 2 aromatic heterocycles. The van der Waals surface area contributed by atoms with Crippen molar-refractivity contribution in [1.29, 1.82) is 0 Å². The van der Waals surface area contributed by atoms with Crippen molar-refractivity contribution in [1.82, 2.24) is 14.5 Å². The van der Waals surface area contributed by atoms with Crippen LogP contribution in [0, 0.1) is 12.3 Å². The Morgan fingerprint density at radius 2 is 2.00 bits per heavy atom. The van der Waals surface area contributed by atoms with Crippen LogP contribution < -0.4 is 0 Å². The van der Waals surface area contributed by atoms with E-state index in [4.69, 9.17) is 0 Å². The van der Waals surface area contributed by atoms with Gasteiger partial charge in [-0.1, -0.05) is 13.8 Å². The van der Waals surface area contributed by atoms with Crippen LogP contribution in [0.15, 0.2) is 23.1 Å². The number of carbonyl (C=O) groups is 1. The number of aromatic nitrogens is 3. The minimum Gasteiger partial charge on any atom is -0.301 e. The van der Waals surface area contributed by atoms with Gasteiger partial charge in [0.05, 0.1) is 12.4 Å². The number of rotatable bonds is 1. The molecule has 1 aliphatic rings. The molecule has 0 radical (unpaired) electrons. The van der Waals surface area contributed by atoms with E-state index in [0.29, 0.717) is 11.0 Å². The molecule has 0 fully saturated rings. The topological polar surface area (TPSA) is 47.8 Å². The van der Waals surface area contributed by atoms with Crippen LogP contribution in [0.3, 0.4) is 0 Å². The Morgan fingerprint density at radius 1 is 1.25 bits per heavy atom. The highest BCUT2D eigenvalue weighted by Crippen LogP contribution is 2.37. The first-order valence-corrected chi connectivity index (χ1v) is 7.39. The second kappa shape index (κ2) is 4.52. The summed E-state index contributed by atoms with van der Waals surface area (Å²) in [4.78, 5) is 20.9. The van der Waals surface area contributed by atoms with E-state index >= 15 is 0 Å². The lowest BCUT2D eigenvalue weighted by Gasteiger charge is -2.29. The summed E-state index contributed by atoms with van der Waals surface area (Å²) in [6.07, 6.45) is 4.88. The van der Waals surface area contributed by atoms with Crippen molar-refractivity contribution in [3.05, 3.63) is 40.0 Å². The fourth-order valence-electron chi connectivity index (χ4n) is 2.89. The van der Waals surface area contributed by atoms with E-state index in [1.165, 1.54) is 0 Å². The molecule has 1 aliphatic carbocycles. The summed E-state index contributed by atoms with van der Waals surface area (Å²) in [5.41, 5.74) is 2.92. The lowest BCUT2D eigenvalue weighted by Crippen LogP contribution is -2.28. The van der Waals surface area contributed by atoms with Gasteiger partial charge in [0, 0.05) is 23.4 Å². The van der Waals surface area contributed by atoms with Crippen molar-refractivity contribution >= 4 is 21.7 Å². The highest BCUT2D eigenvalue weighted by Gasteiger charge is 2.34. The van der Waals surface area contributed by atoms with Gasteiger partial charge in [0.15, 0.2) is 11.6 Å². The molecule has 0 saturated carbocycles. The monoisotopic (exact) mass is 333 g/mol. The molecule has 0 atom stereocenters. The number of nitrogens with zero attached hydrogens (tertiary/aromatic N) is 3. The zero-order chi connectivity index (χ0) is 14.5. The molecular formula is C15H16BrN3O. The van der Waals surface area contributed by atoms with Gasteiger partial charge in [-0.05, 0) is 40.8 Å². The second-order valence-electron chi connectivity index (χ2n) is 6.12. The molecule has 2 heterocycles. The Bertz CT molecular complexity index is 686. The predicted molar refractivity (Wildman–Crippen MR) is 80.2 cm³/mol. The summed E-state index contributed by atoms with van der Waals surface area (Å²) in [7, 11) is 0. The van der Waals surface area contributed by atoms with E-state index in [1.54, 1.807) is 12.4 Å². The van der Waals surface area contributed by atoms with Gasteiger partial charge in [0.2, 0.25) is 0 Å². The second-order valence-corrected chi connectivity index (χ2v) is 6.93. The van der Waals surface area contributed by atoms with Crippen LogP contribution >= 0.6 is 15.9 Å². The lowest BCUT2D eigenvalue weighted by molar-refractivity contribution is 0.0911. The molecule has 20 heavy (non-hydrogen) atoms. The van der Waals surface area contributed by atoms with Crippen LogP contribution in [-0.4, -0.2) is 20.3 Å². The fraction of sp³-hybridized carbons (Fsp3) is 0.400. The highest BCUT2D eigenvalue weighted by molar-refractivity contribution is 9.10. The Hall–Kier alpha value is -1.49. The summed E-state index contributed by atoms with van der Waals surface area (Å²) in [6.45, 7) is 6.27. The minimum atomic E-state index is -0.00454. The van der Waals surface area contributed by atoms with Crippen LogP contribution in [0.4, 0.5) is 0 Å². The first kappa shape index (κ1) is 13.5. The highest BCUT2D eigenvalue weighted by atomic mass is 79.9. The third kappa shape index (κ3) is 2.20. The van der Waals surface area contributed by atoms with E-state index in [1.807, 2.05) is 17.6 Å². The Morgan fingerprint density at radius 3 is 2.65 bits per heavy atom. The summed E-state index contributed by atoms with van der Waals surface area (Å²) in [5, 5.41) is 0. The number of fused-ring (bicyclic) bond motifs is 1. The van der Waals surface area contributed by atoms with Gasteiger partial charge < -0.3 is 4.57 Å². The molecule has 4 nitrogen and oxygen atoms in total. The maximum Gasteiger partial charge on any atom is 0.165 e. The largest absolute Gasteiger partial charge is 0.301 e. The van der Waals surface area contributed by atoms with Crippen LogP contribution in [0.2, 0.25) is 0 Å². The first-order valence-electron chi connectivity index (χ1n) is 6.60. The van der Waals surface area contributed by atoms with E-state index < -0.39 is 0 Å². The zero-order valence-corrected chi connectivity index (χ0v) is 13.4. The summed E-state index contributed by atoms with van der Waals surface area (Å²) < 4.78 is 2.75. The quantitative estimate of drug-likeness (QED) is 0.802. The zero-order valence-electron chi connectivity index (χ0n) is 11.8. The molecule has 0 amide bonds. The Kier molecular flexibility index (Phi) is 3.05. The van der Waals surface area contributed by atoms with Crippen molar-refractivity contribution in [3.8, 4) is 5.82 Å². The van der Waals surface area contributed by atoms with Crippen LogP contribution in [0.1, 0.15) is 42.0 Å². The number of hydrogen-bond donors (Lipinski definition) is 0. The standard InChI is InChI=1S/C15H16BrN3O/c1-9-4-10-11(5-15(2,3)6-12(10)20)19(9)14-8-17-13(16)7-18-14/h4,7-8H,5-6H2,1-3H3. The molecule has 0 bridgehead atoms. The molecule has 3 rings (SSSR count). The molecule has 2 aromatic rings. The van der Waals surface area contributed by atoms with E-state index in [9.17, 15) is 4.79 Å². The van der Waals surface area contributed by atoms with Crippen molar-refractivity contribution in [3.63, 3.8) is 0 Å². The van der Waals surface area contributed by atoms with Gasteiger partial charge in [0.1, 0.15) is 4.60 Å². The van der Waals surface area contributed by atoms with Crippen LogP contribution in [0.25, 0.3) is 5.82 Å². The maximum absolute atomic E-state index is 12.3. The molecule has 0 aromatic carbocycles. The lowest BCUT2D eigenvalue weighted by atomic mass is 9.76. The normalized spacial score (nSPS) is 17.1. The summed E-state index contributed by atoms with van der Waals surface area (Å²) in [5.74, 6) is 0.987. The number of carbonyl (C=O) groups excluding carboxylic acids is 1. The van der Waals surface area contributed by atoms with Crippen LogP contribution in [0.5, 0.6) is 0 Å². The van der Waals surface area contributed by atoms with Crippen molar-refractivity contribution in [2.45, 2.75) is 33.6 Å². The van der Waals surface area contributed by atoms with Crippen LogP contribution in [-0.2, 0) is 6.42 Å². The molecule has 0 saturated heterocycles. The van der Waals surface area contributed by atoms with Crippen molar-refractivity contribution in [2.75, 3.05) is 0 Å². The van der Waals surface area contributed by atoms with Crippen molar-refractivity contribution in [2.24, 2.45) is 5.41 Å². The van der Waals surface area contributed by atoms with Gasteiger partial charge >= 0.3 is 0 Å². The Balaban J connectivity index is 2.18. The number of aryl methyl sites for hydroxylation is 1. The van der Waals surface area contributed by atoms with Crippen molar-refractivity contribution < 1.29 is 4.79 Å². The minimum absolute atomic E-state index is 0.00454. The van der Waals surface area contributed by atoms with E-state index in [-0.39, 0.29) is 11.2 Å². The fourth-order valence-corrected chi connectivity index (χ4v) is 3.10. The molecule has 5 heteroatoms. The molecule has 0 N–H and O–H groups in total. The Labute approximate surface area is 126 Å². The van der Waals surface area contributed by atoms with Gasteiger partial charge in [-0.15, -0.1) is 0 Å². The number of Topliss-reactive ketones (excluding diaryl/α,β-unsaturated/α-hetero) is 1. The third-order valence-electron chi connectivity index (χ3n) is 3.71.